The molecule has 0 bridgehead atoms. The summed E-state index contributed by atoms with van der Waals surface area (Å²) in [5, 5.41) is 11.3. The summed E-state index contributed by atoms with van der Waals surface area (Å²) in [7, 11) is -2.85. The maximum absolute atomic E-state index is 13.7. The van der Waals surface area contributed by atoms with Crippen molar-refractivity contribution in [3.63, 3.8) is 0 Å². The molecule has 0 aliphatic rings. The van der Waals surface area contributed by atoms with Crippen LogP contribution in [0.2, 0.25) is 0 Å². The van der Waals surface area contributed by atoms with Crippen LogP contribution in [0.4, 0.5) is 4.39 Å². The average molecular weight is 354 g/mol. The van der Waals surface area contributed by atoms with Gasteiger partial charge in [-0.3, -0.25) is 0 Å². The molecule has 1 unspecified atom stereocenters. The third-order valence-electron chi connectivity index (χ3n) is 2.64. The number of oxime groups is 1. The highest BCUT2D eigenvalue weighted by Crippen LogP contribution is 2.23. The van der Waals surface area contributed by atoms with Crippen LogP contribution in [-0.2, 0) is 10.0 Å². The van der Waals surface area contributed by atoms with Gasteiger partial charge in [-0.05, 0) is 25.1 Å². The summed E-state index contributed by atoms with van der Waals surface area (Å²) in [6.45, 7) is 1.42. The fourth-order valence-corrected chi connectivity index (χ4v) is 3.03. The molecule has 0 radical (unpaired) electrons. The van der Waals surface area contributed by atoms with E-state index in [1.807, 2.05) is 0 Å². The van der Waals surface area contributed by atoms with Crippen LogP contribution in [0.5, 0.6) is 0 Å². The van der Waals surface area contributed by atoms with Gasteiger partial charge >= 0.3 is 0 Å². The highest BCUT2D eigenvalue weighted by atomic mass is 79.9. The molecule has 106 valence electrons. The quantitative estimate of drug-likeness (QED) is 0.369. The third kappa shape index (κ3) is 3.23. The van der Waals surface area contributed by atoms with Gasteiger partial charge in [0, 0.05) is 11.5 Å². The fraction of sp³-hybridized carbons (Fsp3) is 0.300. The number of nitrogens with two attached hydrogens (primary N) is 1. The zero-order valence-corrected chi connectivity index (χ0v) is 12.6. The number of rotatable bonds is 4. The Kier molecular flexibility index (Phi) is 4.88. The van der Waals surface area contributed by atoms with E-state index in [1.165, 1.54) is 20.0 Å². The van der Waals surface area contributed by atoms with Crippen molar-refractivity contribution in [2.45, 2.75) is 17.9 Å². The standard InChI is InChI=1S/C10H13BrFN3O3S/c1-6(10(13)14-16)15(2)19(17,18)9-4-3-7(11)5-8(9)12/h3-6,16H,1-2H3,(H2,13,14). The second kappa shape index (κ2) is 5.85. The van der Waals surface area contributed by atoms with Crippen molar-refractivity contribution < 1.29 is 18.0 Å². The summed E-state index contributed by atoms with van der Waals surface area (Å²) >= 11 is 3.04. The van der Waals surface area contributed by atoms with Crippen molar-refractivity contribution in [2.24, 2.45) is 10.9 Å². The maximum atomic E-state index is 13.7. The SMILES string of the molecule is CC(/C(N)=N/O)N(C)S(=O)(=O)c1ccc(Br)cc1F. The Hall–Kier alpha value is -1.19. The molecule has 0 saturated carbocycles. The molecule has 1 rings (SSSR count). The summed E-state index contributed by atoms with van der Waals surface area (Å²) in [6, 6.07) is 2.70. The predicted octanol–water partition coefficient (Wildman–Crippen LogP) is 1.34. The van der Waals surface area contributed by atoms with E-state index in [-0.39, 0.29) is 5.84 Å². The van der Waals surface area contributed by atoms with Crippen LogP contribution >= 0.6 is 15.9 Å². The first-order valence-electron chi connectivity index (χ1n) is 5.12. The number of likely N-dealkylation sites (N-methyl/N-ethyl adjacent to an activating group) is 1. The number of hydrogen-bond acceptors (Lipinski definition) is 4. The summed E-state index contributed by atoms with van der Waals surface area (Å²) in [5.74, 6) is -1.17. The summed E-state index contributed by atoms with van der Waals surface area (Å²) < 4.78 is 39.4. The summed E-state index contributed by atoms with van der Waals surface area (Å²) in [6.07, 6.45) is 0. The maximum Gasteiger partial charge on any atom is 0.246 e. The zero-order chi connectivity index (χ0) is 14.8. The highest BCUT2D eigenvalue weighted by Gasteiger charge is 2.30. The van der Waals surface area contributed by atoms with E-state index in [0.29, 0.717) is 4.47 Å². The lowest BCUT2D eigenvalue weighted by atomic mass is 10.3. The number of amidine groups is 1. The molecule has 9 heteroatoms. The van der Waals surface area contributed by atoms with Gasteiger partial charge in [-0.1, -0.05) is 21.1 Å². The molecule has 1 aromatic rings. The van der Waals surface area contributed by atoms with Gasteiger partial charge in [0.15, 0.2) is 5.84 Å². The lowest BCUT2D eigenvalue weighted by Crippen LogP contribution is -2.43. The Morgan fingerprint density at radius 2 is 2.16 bits per heavy atom. The van der Waals surface area contributed by atoms with Gasteiger partial charge in [0.1, 0.15) is 10.7 Å². The molecule has 3 N–H and O–H groups in total. The molecule has 0 aliphatic heterocycles. The van der Waals surface area contributed by atoms with Crippen molar-refractivity contribution in [3.05, 3.63) is 28.5 Å². The molecule has 0 spiro atoms. The minimum absolute atomic E-state index is 0.288. The molecule has 0 heterocycles. The van der Waals surface area contributed by atoms with E-state index in [2.05, 4.69) is 21.1 Å². The van der Waals surface area contributed by atoms with Crippen LogP contribution in [0.3, 0.4) is 0 Å². The second-order valence-electron chi connectivity index (χ2n) is 3.80. The number of hydrogen-bond donors (Lipinski definition) is 2. The van der Waals surface area contributed by atoms with E-state index in [4.69, 9.17) is 10.9 Å². The molecule has 1 aromatic carbocycles. The van der Waals surface area contributed by atoms with Gasteiger partial charge < -0.3 is 10.9 Å². The highest BCUT2D eigenvalue weighted by molar-refractivity contribution is 9.10. The number of benzene rings is 1. The Balaban J connectivity index is 3.24. The zero-order valence-electron chi connectivity index (χ0n) is 10.2. The molecule has 6 nitrogen and oxygen atoms in total. The predicted molar refractivity (Wildman–Crippen MR) is 71.9 cm³/mol. The first-order valence-corrected chi connectivity index (χ1v) is 7.35. The Labute approximate surface area is 118 Å². The molecule has 0 amide bonds. The molecule has 0 aromatic heterocycles. The van der Waals surface area contributed by atoms with Gasteiger partial charge in [-0.15, -0.1) is 0 Å². The molecule has 0 aliphatic carbocycles. The van der Waals surface area contributed by atoms with Gasteiger partial charge in [0.25, 0.3) is 0 Å². The Morgan fingerprint density at radius 1 is 1.58 bits per heavy atom. The fourth-order valence-electron chi connectivity index (χ4n) is 1.32. The smallest absolute Gasteiger partial charge is 0.246 e. The van der Waals surface area contributed by atoms with E-state index < -0.39 is 26.8 Å². The normalized spacial score (nSPS) is 14.7. The lowest BCUT2D eigenvalue weighted by molar-refractivity contribution is 0.311. The monoisotopic (exact) mass is 353 g/mol. The first kappa shape index (κ1) is 15.9. The Morgan fingerprint density at radius 3 is 2.63 bits per heavy atom. The van der Waals surface area contributed by atoms with Crippen molar-refractivity contribution in [3.8, 4) is 0 Å². The van der Waals surface area contributed by atoms with E-state index >= 15 is 0 Å². The van der Waals surface area contributed by atoms with Crippen LogP contribution < -0.4 is 5.73 Å². The summed E-state index contributed by atoms with van der Waals surface area (Å²) in [4.78, 5) is -0.476. The minimum atomic E-state index is -4.08. The molecule has 0 fully saturated rings. The van der Waals surface area contributed by atoms with Crippen molar-refractivity contribution in [1.82, 2.24) is 4.31 Å². The largest absolute Gasteiger partial charge is 0.409 e. The van der Waals surface area contributed by atoms with Crippen molar-refractivity contribution in [1.29, 1.82) is 0 Å². The van der Waals surface area contributed by atoms with Gasteiger partial charge in [-0.25, -0.2) is 12.8 Å². The van der Waals surface area contributed by atoms with E-state index in [1.54, 1.807) is 0 Å². The number of nitrogens with zero attached hydrogens (tertiary/aromatic N) is 2. The first-order chi connectivity index (χ1) is 8.71. The molecule has 0 saturated heterocycles. The van der Waals surface area contributed by atoms with Gasteiger partial charge in [0.2, 0.25) is 10.0 Å². The van der Waals surface area contributed by atoms with Crippen LogP contribution in [0.15, 0.2) is 32.7 Å². The topological polar surface area (TPSA) is 96.0 Å². The third-order valence-corrected chi connectivity index (χ3v) is 5.09. The average Bonchev–Trinajstić information content (AvgIpc) is 2.35. The minimum Gasteiger partial charge on any atom is -0.409 e. The van der Waals surface area contributed by atoms with Crippen molar-refractivity contribution in [2.75, 3.05) is 7.05 Å². The summed E-state index contributed by atoms with van der Waals surface area (Å²) in [5.41, 5.74) is 5.35. The molecular formula is C10H13BrFN3O3S. The molecule has 1 atom stereocenters. The van der Waals surface area contributed by atoms with E-state index in [9.17, 15) is 12.8 Å². The van der Waals surface area contributed by atoms with Gasteiger partial charge in [-0.2, -0.15) is 4.31 Å². The van der Waals surface area contributed by atoms with Crippen molar-refractivity contribution >= 4 is 31.8 Å². The van der Waals surface area contributed by atoms with Crippen LogP contribution in [-0.4, -0.2) is 36.9 Å². The van der Waals surface area contributed by atoms with Crippen LogP contribution in [0.1, 0.15) is 6.92 Å². The Bertz CT molecular complexity index is 606. The number of halogens is 2. The lowest BCUT2D eigenvalue weighted by Gasteiger charge is -2.23. The van der Waals surface area contributed by atoms with E-state index in [0.717, 1.165) is 16.4 Å². The molecular weight excluding hydrogens is 341 g/mol. The number of sulfonamides is 1. The molecule has 19 heavy (non-hydrogen) atoms. The van der Waals surface area contributed by atoms with Gasteiger partial charge in [0.05, 0.1) is 6.04 Å². The van der Waals surface area contributed by atoms with Crippen LogP contribution in [0.25, 0.3) is 0 Å². The second-order valence-corrected chi connectivity index (χ2v) is 6.68. The van der Waals surface area contributed by atoms with Crippen LogP contribution in [0, 0.1) is 5.82 Å².